The van der Waals surface area contributed by atoms with Crippen LogP contribution < -0.4 is 0 Å². The van der Waals surface area contributed by atoms with E-state index >= 15 is 0 Å². The van der Waals surface area contributed by atoms with Crippen molar-refractivity contribution in [1.82, 2.24) is 9.34 Å². The molecule has 0 aliphatic heterocycles. The largest absolute Gasteiger partial charge is 0.540 e. The summed E-state index contributed by atoms with van der Waals surface area (Å²) < 4.78 is 24.8. The van der Waals surface area contributed by atoms with Gasteiger partial charge in [-0.25, -0.2) is 9.34 Å². The van der Waals surface area contributed by atoms with Crippen LogP contribution in [0.3, 0.4) is 0 Å². The summed E-state index contributed by atoms with van der Waals surface area (Å²) in [6, 6.07) is 22.4. The van der Waals surface area contributed by atoms with Crippen LogP contribution in [0.1, 0.15) is 43.9 Å². The molecule has 2 aromatic carbocycles. The van der Waals surface area contributed by atoms with Crippen molar-refractivity contribution in [2.75, 3.05) is 28.2 Å². The Hall–Kier alpha value is -1.69. The van der Waals surface area contributed by atoms with Crippen molar-refractivity contribution in [2.24, 2.45) is 0 Å². The molecule has 0 saturated carbocycles. The van der Waals surface area contributed by atoms with Crippen LogP contribution in [0.15, 0.2) is 72.2 Å². The van der Waals surface area contributed by atoms with Crippen molar-refractivity contribution in [3.05, 3.63) is 83.4 Å². The fourth-order valence-electron chi connectivity index (χ4n) is 4.19. The molecule has 2 atom stereocenters. The molecule has 0 bridgehead atoms. The highest BCUT2D eigenvalue weighted by Crippen LogP contribution is 2.59. The second-order valence-corrected chi connectivity index (χ2v) is 16.7. The Balaban J connectivity index is 2.75. The van der Waals surface area contributed by atoms with E-state index in [-0.39, 0.29) is 0 Å². The van der Waals surface area contributed by atoms with E-state index < -0.39 is 27.8 Å². The molecule has 0 aliphatic rings. The highest BCUT2D eigenvalue weighted by atomic mass is 31.2. The van der Waals surface area contributed by atoms with Crippen LogP contribution >= 0.6 is 7.44 Å². The van der Waals surface area contributed by atoms with E-state index in [0.717, 1.165) is 29.3 Å². The van der Waals surface area contributed by atoms with Crippen LogP contribution in [-0.4, -0.2) is 51.0 Å². The van der Waals surface area contributed by atoms with Crippen molar-refractivity contribution in [1.29, 1.82) is 0 Å². The molecule has 0 fully saturated rings. The summed E-state index contributed by atoms with van der Waals surface area (Å²) in [5.41, 5.74) is 2.26. The second-order valence-electron chi connectivity index (χ2n) is 8.88. The Morgan fingerprint density at radius 1 is 0.879 bits per heavy atom. The van der Waals surface area contributed by atoms with Gasteiger partial charge in [-0.2, -0.15) is 0 Å². The molecule has 2 unspecified atom stereocenters. The Morgan fingerprint density at radius 3 is 1.70 bits per heavy atom. The lowest BCUT2D eigenvalue weighted by atomic mass is 9.89. The lowest BCUT2D eigenvalue weighted by Gasteiger charge is -2.38. The fourth-order valence-corrected chi connectivity index (χ4v) is 9.55. The van der Waals surface area contributed by atoms with Gasteiger partial charge < -0.3 is 9.53 Å². The van der Waals surface area contributed by atoms with E-state index in [1.165, 1.54) is 0 Å². The molecule has 2 aromatic rings. The lowest BCUT2D eigenvalue weighted by molar-refractivity contribution is 0.160. The summed E-state index contributed by atoms with van der Waals surface area (Å²) in [6.45, 7) is 6.50. The van der Waals surface area contributed by atoms with Crippen LogP contribution in [-0.2, 0) is 8.99 Å². The molecule has 0 saturated heterocycles. The van der Waals surface area contributed by atoms with E-state index in [2.05, 4.69) is 20.8 Å². The normalized spacial score (nSPS) is 15.0. The Bertz CT molecular complexity index is 911. The fraction of sp³-hybridized carbons (Fsp3) is 0.462. The summed E-state index contributed by atoms with van der Waals surface area (Å²) in [4.78, 5) is 0. The van der Waals surface area contributed by atoms with E-state index in [9.17, 15) is 9.67 Å². The molecule has 0 spiro atoms. The van der Waals surface area contributed by atoms with E-state index in [0.29, 0.717) is 5.50 Å². The molecule has 182 valence electrons. The van der Waals surface area contributed by atoms with Gasteiger partial charge in [0.1, 0.15) is 0 Å². The van der Waals surface area contributed by atoms with E-state index in [1.54, 1.807) is 9.34 Å². The molecule has 2 rings (SSSR count). The minimum absolute atomic E-state index is 0.408. The zero-order chi connectivity index (χ0) is 24.6. The van der Waals surface area contributed by atoms with Gasteiger partial charge >= 0.3 is 0 Å². The predicted molar refractivity (Wildman–Crippen MR) is 142 cm³/mol. The number of rotatable bonds is 12. The van der Waals surface area contributed by atoms with Crippen LogP contribution in [0.2, 0.25) is 18.1 Å². The van der Waals surface area contributed by atoms with Crippen molar-refractivity contribution >= 4 is 15.8 Å². The molecule has 0 aromatic heterocycles. The van der Waals surface area contributed by atoms with Crippen LogP contribution in [0.5, 0.6) is 0 Å². The third-order valence-electron chi connectivity index (χ3n) is 6.61. The quantitative estimate of drug-likeness (QED) is 0.205. The van der Waals surface area contributed by atoms with Crippen LogP contribution in [0, 0.1) is 0 Å². The first-order valence-corrected chi connectivity index (χ1v) is 15.9. The van der Waals surface area contributed by atoms with Crippen molar-refractivity contribution in [3.63, 3.8) is 0 Å². The average Bonchev–Trinajstić information content (AvgIpc) is 2.84. The highest BCUT2D eigenvalue weighted by Gasteiger charge is 2.41. The van der Waals surface area contributed by atoms with E-state index in [1.807, 2.05) is 94.9 Å². The zero-order valence-corrected chi connectivity index (χ0v) is 23.1. The maximum absolute atomic E-state index is 14.5. The van der Waals surface area contributed by atoms with Gasteiger partial charge in [-0.3, -0.25) is 4.57 Å². The zero-order valence-electron chi connectivity index (χ0n) is 21.2. The average molecular weight is 489 g/mol. The first-order chi connectivity index (χ1) is 15.6. The number of aliphatic hydroxyl groups is 1. The topological polar surface area (TPSA) is 53.0 Å². The van der Waals surface area contributed by atoms with Crippen molar-refractivity contribution in [2.45, 2.75) is 50.9 Å². The maximum Gasteiger partial charge on any atom is 0.276 e. The summed E-state index contributed by atoms with van der Waals surface area (Å²) in [5.74, 6) is -0.408. The molecular formula is C26H41N2O3PSi. The Morgan fingerprint density at radius 2 is 1.30 bits per heavy atom. The molecule has 5 nitrogen and oxygen atoms in total. The molecule has 0 heterocycles. The van der Waals surface area contributed by atoms with Gasteiger partial charge in [0.25, 0.3) is 15.8 Å². The summed E-state index contributed by atoms with van der Waals surface area (Å²) in [5, 5.41) is 11.5. The van der Waals surface area contributed by atoms with Crippen molar-refractivity contribution in [3.8, 4) is 0 Å². The molecule has 7 heteroatoms. The number of hydrogen-bond donors (Lipinski definition) is 1. The third-order valence-corrected chi connectivity index (χ3v) is 14.3. The number of benzene rings is 2. The standard InChI is InChI=1S/C26H41N2O3PSi/c1-8-33(9-2,10-3)31-25(32(30,27(4)5)28(6)7)21-24(22-17-13-11-14-18-22)26(29)23-19-15-12-16-20-23/h11-21,24,26,29H,8-10H2,1-7H3/b25-21+. The molecule has 0 amide bonds. The molecule has 0 aliphatic carbocycles. The summed E-state index contributed by atoms with van der Waals surface area (Å²) in [6.07, 6.45) is 1.13. The van der Waals surface area contributed by atoms with Gasteiger partial charge in [-0.15, -0.1) is 0 Å². The first kappa shape index (κ1) is 27.6. The van der Waals surface area contributed by atoms with Crippen LogP contribution in [0.25, 0.3) is 0 Å². The molecule has 0 radical (unpaired) electrons. The Labute approximate surface area is 201 Å². The smallest absolute Gasteiger partial charge is 0.276 e. The molecule has 1 N–H and O–H groups in total. The van der Waals surface area contributed by atoms with Gasteiger partial charge in [0.15, 0.2) is 5.50 Å². The van der Waals surface area contributed by atoms with Gasteiger partial charge in [0.2, 0.25) is 0 Å². The van der Waals surface area contributed by atoms with E-state index in [4.69, 9.17) is 4.43 Å². The minimum Gasteiger partial charge on any atom is -0.540 e. The number of hydrogen-bond acceptors (Lipinski definition) is 3. The number of aliphatic hydroxyl groups excluding tert-OH is 1. The predicted octanol–water partition coefficient (Wildman–Crippen LogP) is 6.68. The van der Waals surface area contributed by atoms with Gasteiger partial charge in [-0.1, -0.05) is 81.4 Å². The highest BCUT2D eigenvalue weighted by molar-refractivity contribution is 7.63. The van der Waals surface area contributed by atoms with Gasteiger partial charge in [0, 0.05) is 5.92 Å². The molecule has 33 heavy (non-hydrogen) atoms. The third kappa shape index (κ3) is 6.26. The van der Waals surface area contributed by atoms with Crippen molar-refractivity contribution < 1.29 is 14.1 Å². The molecular weight excluding hydrogens is 447 g/mol. The van der Waals surface area contributed by atoms with Gasteiger partial charge in [-0.05, 0) is 63.5 Å². The lowest BCUT2D eigenvalue weighted by Crippen LogP contribution is -2.37. The maximum atomic E-state index is 14.5. The van der Waals surface area contributed by atoms with Crippen LogP contribution in [0.4, 0.5) is 0 Å². The SMILES string of the molecule is CC[Si](CC)(CC)O/C(=C\C(c1ccccc1)C(O)c1ccccc1)P(=O)(N(C)C)N(C)C. The number of nitrogens with zero attached hydrogens (tertiary/aromatic N) is 2. The van der Waals surface area contributed by atoms with Gasteiger partial charge in [0.05, 0.1) is 6.10 Å². The Kier molecular flexibility index (Phi) is 10.1. The second kappa shape index (κ2) is 12.1. The minimum atomic E-state index is -3.19. The summed E-state index contributed by atoms with van der Waals surface area (Å²) >= 11 is 0. The first-order valence-electron chi connectivity index (χ1n) is 11.8. The summed E-state index contributed by atoms with van der Waals surface area (Å²) in [7, 11) is 1.99. The monoisotopic (exact) mass is 488 g/mol.